The van der Waals surface area contributed by atoms with Crippen molar-refractivity contribution in [3.05, 3.63) is 66.0 Å². The lowest BCUT2D eigenvalue weighted by atomic mass is 10.1. The Bertz CT molecular complexity index is 914. The number of amides is 1. The first-order chi connectivity index (χ1) is 13.2. The lowest BCUT2D eigenvalue weighted by molar-refractivity contribution is 0.0304. The summed E-state index contributed by atoms with van der Waals surface area (Å²) in [6.45, 7) is 4.69. The fraction of sp³-hybridized carbons (Fsp3) is 0.364. The number of benzene rings is 1. The van der Waals surface area contributed by atoms with E-state index in [2.05, 4.69) is 46.8 Å². The highest BCUT2D eigenvalue weighted by atomic mass is 16.5. The van der Waals surface area contributed by atoms with E-state index in [4.69, 9.17) is 4.74 Å². The highest BCUT2D eigenvalue weighted by Crippen LogP contribution is 2.26. The molecule has 3 aromatic rings. The standard InChI is InChI=1S/C22H25N3O2/c1-17(9-10-18-6-3-2-4-7-18)25-16-19(21-20(25)8-5-11-23-21)22(26)24-12-14-27-15-13-24/h2-8,11,16-17H,9-10,12-15H2,1H3/t17-/m0/s1. The summed E-state index contributed by atoms with van der Waals surface area (Å²) < 4.78 is 7.58. The van der Waals surface area contributed by atoms with Crippen molar-refractivity contribution in [2.24, 2.45) is 0 Å². The second-order valence-corrected chi connectivity index (χ2v) is 7.10. The van der Waals surface area contributed by atoms with E-state index in [0.717, 1.165) is 23.9 Å². The largest absolute Gasteiger partial charge is 0.378 e. The molecule has 5 heteroatoms. The molecule has 0 N–H and O–H groups in total. The zero-order valence-corrected chi connectivity index (χ0v) is 15.7. The number of fused-ring (bicyclic) bond motifs is 1. The van der Waals surface area contributed by atoms with Crippen molar-refractivity contribution in [3.8, 4) is 0 Å². The maximum absolute atomic E-state index is 13.0. The SMILES string of the molecule is C[C@@H](CCc1ccccc1)n1cc(C(=O)N2CCOCC2)c2ncccc21. The number of morpholine rings is 1. The van der Waals surface area contributed by atoms with Crippen LogP contribution in [0, 0.1) is 0 Å². The Morgan fingerprint density at radius 3 is 2.70 bits per heavy atom. The lowest BCUT2D eigenvalue weighted by Gasteiger charge is -2.26. The Balaban J connectivity index is 1.60. The molecule has 27 heavy (non-hydrogen) atoms. The third-order valence-electron chi connectivity index (χ3n) is 5.29. The molecule has 140 valence electrons. The van der Waals surface area contributed by atoms with Crippen LogP contribution in [0.4, 0.5) is 0 Å². The van der Waals surface area contributed by atoms with Gasteiger partial charge in [-0.25, -0.2) is 0 Å². The number of aromatic nitrogens is 2. The minimum absolute atomic E-state index is 0.0519. The molecule has 1 aromatic carbocycles. The van der Waals surface area contributed by atoms with E-state index in [-0.39, 0.29) is 11.9 Å². The van der Waals surface area contributed by atoms with E-state index < -0.39 is 0 Å². The molecule has 0 bridgehead atoms. The van der Waals surface area contributed by atoms with Gasteiger partial charge >= 0.3 is 0 Å². The third kappa shape index (κ3) is 3.74. The Morgan fingerprint density at radius 2 is 1.93 bits per heavy atom. The highest BCUT2D eigenvalue weighted by Gasteiger charge is 2.24. The van der Waals surface area contributed by atoms with Gasteiger partial charge in [-0.2, -0.15) is 0 Å². The molecule has 1 aliphatic heterocycles. The molecule has 0 saturated carbocycles. The third-order valence-corrected chi connectivity index (χ3v) is 5.29. The smallest absolute Gasteiger partial charge is 0.257 e. The monoisotopic (exact) mass is 363 g/mol. The number of hydrogen-bond acceptors (Lipinski definition) is 3. The highest BCUT2D eigenvalue weighted by molar-refractivity contribution is 6.05. The van der Waals surface area contributed by atoms with E-state index in [9.17, 15) is 4.79 Å². The first-order valence-corrected chi connectivity index (χ1v) is 9.60. The van der Waals surface area contributed by atoms with Crippen LogP contribution >= 0.6 is 0 Å². The second kappa shape index (κ2) is 7.92. The van der Waals surface area contributed by atoms with Gasteiger partial charge in [0.05, 0.1) is 24.3 Å². The summed E-state index contributed by atoms with van der Waals surface area (Å²) >= 11 is 0. The van der Waals surface area contributed by atoms with E-state index in [0.29, 0.717) is 31.9 Å². The fourth-order valence-corrected chi connectivity index (χ4v) is 3.70. The summed E-state index contributed by atoms with van der Waals surface area (Å²) in [5.41, 5.74) is 3.85. The summed E-state index contributed by atoms with van der Waals surface area (Å²) in [6.07, 6.45) is 5.77. The van der Waals surface area contributed by atoms with Crippen LogP contribution in [0.25, 0.3) is 11.0 Å². The van der Waals surface area contributed by atoms with E-state index in [1.54, 1.807) is 6.20 Å². The Morgan fingerprint density at radius 1 is 1.15 bits per heavy atom. The van der Waals surface area contributed by atoms with E-state index in [1.165, 1.54) is 5.56 Å². The van der Waals surface area contributed by atoms with Crippen LogP contribution in [-0.2, 0) is 11.2 Å². The maximum Gasteiger partial charge on any atom is 0.257 e. The topological polar surface area (TPSA) is 47.4 Å². The molecule has 3 heterocycles. The van der Waals surface area contributed by atoms with Gasteiger partial charge in [-0.3, -0.25) is 9.78 Å². The van der Waals surface area contributed by atoms with Crippen LogP contribution in [-0.4, -0.2) is 46.7 Å². The molecule has 0 aliphatic carbocycles. The molecule has 1 saturated heterocycles. The number of aryl methyl sites for hydroxylation is 1. The Labute approximate surface area is 159 Å². The molecule has 0 spiro atoms. The first-order valence-electron chi connectivity index (χ1n) is 9.60. The zero-order chi connectivity index (χ0) is 18.6. The fourth-order valence-electron chi connectivity index (χ4n) is 3.70. The molecule has 5 nitrogen and oxygen atoms in total. The van der Waals surface area contributed by atoms with E-state index >= 15 is 0 Å². The summed E-state index contributed by atoms with van der Waals surface area (Å²) in [4.78, 5) is 19.4. The molecular weight excluding hydrogens is 338 g/mol. The van der Waals surface area contributed by atoms with Gasteiger partial charge in [0.2, 0.25) is 0 Å². The maximum atomic E-state index is 13.0. The summed E-state index contributed by atoms with van der Waals surface area (Å²) in [6, 6.07) is 14.8. The van der Waals surface area contributed by atoms with Crippen molar-refractivity contribution >= 4 is 16.9 Å². The van der Waals surface area contributed by atoms with Crippen molar-refractivity contribution in [1.82, 2.24) is 14.5 Å². The predicted octanol–water partition coefficient (Wildman–Crippen LogP) is 3.70. The number of rotatable bonds is 5. The number of hydrogen-bond donors (Lipinski definition) is 0. The van der Waals surface area contributed by atoms with Crippen LogP contribution in [0.2, 0.25) is 0 Å². The number of carbonyl (C=O) groups is 1. The predicted molar refractivity (Wildman–Crippen MR) is 106 cm³/mol. The van der Waals surface area contributed by atoms with Crippen LogP contribution in [0.3, 0.4) is 0 Å². The van der Waals surface area contributed by atoms with Gasteiger partial charge < -0.3 is 14.2 Å². The molecule has 0 radical (unpaired) electrons. The Kier molecular flexibility index (Phi) is 5.21. The number of ether oxygens (including phenoxy) is 1. The van der Waals surface area contributed by atoms with Gasteiger partial charge in [0.25, 0.3) is 5.91 Å². The average Bonchev–Trinajstić information content (AvgIpc) is 3.13. The minimum Gasteiger partial charge on any atom is -0.378 e. The Hall–Kier alpha value is -2.66. The van der Waals surface area contributed by atoms with Gasteiger partial charge in [-0.15, -0.1) is 0 Å². The first kappa shape index (κ1) is 17.7. The lowest BCUT2D eigenvalue weighted by Crippen LogP contribution is -2.40. The van der Waals surface area contributed by atoms with Crippen LogP contribution in [0.5, 0.6) is 0 Å². The van der Waals surface area contributed by atoms with Crippen LogP contribution in [0.15, 0.2) is 54.9 Å². The van der Waals surface area contributed by atoms with Crippen molar-refractivity contribution in [2.45, 2.75) is 25.8 Å². The number of nitrogens with zero attached hydrogens (tertiary/aromatic N) is 3. The quantitative estimate of drug-likeness (QED) is 0.694. The van der Waals surface area contributed by atoms with Gasteiger partial charge in [-0.1, -0.05) is 30.3 Å². The molecule has 1 amide bonds. The number of pyridine rings is 1. The molecule has 4 rings (SSSR count). The summed E-state index contributed by atoms with van der Waals surface area (Å²) in [5.74, 6) is 0.0519. The zero-order valence-electron chi connectivity index (χ0n) is 15.7. The minimum atomic E-state index is 0.0519. The molecule has 2 aromatic heterocycles. The average molecular weight is 363 g/mol. The van der Waals surface area contributed by atoms with E-state index in [1.807, 2.05) is 23.2 Å². The molecule has 1 atom stereocenters. The molecule has 1 fully saturated rings. The molecular formula is C22H25N3O2. The van der Waals surface area contributed by atoms with Crippen LogP contribution < -0.4 is 0 Å². The van der Waals surface area contributed by atoms with Gasteiger partial charge in [0.15, 0.2) is 0 Å². The van der Waals surface area contributed by atoms with Crippen molar-refractivity contribution in [3.63, 3.8) is 0 Å². The van der Waals surface area contributed by atoms with Gasteiger partial charge in [0.1, 0.15) is 5.52 Å². The molecule has 0 unspecified atom stereocenters. The van der Waals surface area contributed by atoms with Gasteiger partial charge in [-0.05, 0) is 37.5 Å². The van der Waals surface area contributed by atoms with Crippen LogP contribution in [0.1, 0.15) is 35.3 Å². The van der Waals surface area contributed by atoms with Crippen molar-refractivity contribution < 1.29 is 9.53 Å². The van der Waals surface area contributed by atoms with Crippen molar-refractivity contribution in [1.29, 1.82) is 0 Å². The van der Waals surface area contributed by atoms with Crippen molar-refractivity contribution in [2.75, 3.05) is 26.3 Å². The second-order valence-electron chi connectivity index (χ2n) is 7.10. The normalized spacial score (nSPS) is 15.8. The summed E-state index contributed by atoms with van der Waals surface area (Å²) in [5, 5.41) is 0. The molecule has 1 aliphatic rings. The number of carbonyl (C=O) groups excluding carboxylic acids is 1. The summed E-state index contributed by atoms with van der Waals surface area (Å²) in [7, 11) is 0. The van der Waals surface area contributed by atoms with Gasteiger partial charge in [0, 0.05) is 31.5 Å².